The number of nitrogens with zero attached hydrogens (tertiary/aromatic N) is 1. The van der Waals surface area contributed by atoms with E-state index < -0.39 is 39.5 Å². The van der Waals surface area contributed by atoms with Gasteiger partial charge in [0.25, 0.3) is 5.91 Å². The average molecular weight is 442 g/mol. The molecule has 30 heavy (non-hydrogen) atoms. The smallest absolute Gasteiger partial charge is 0.416 e. The number of sulfonamides is 1. The Morgan fingerprint density at radius 1 is 1.20 bits per heavy atom. The van der Waals surface area contributed by atoms with Crippen molar-refractivity contribution >= 4 is 21.6 Å². The number of rotatable bonds is 6. The Morgan fingerprint density at radius 3 is 2.63 bits per heavy atom. The molecule has 1 aliphatic heterocycles. The van der Waals surface area contributed by atoms with Gasteiger partial charge < -0.3 is 10.1 Å². The van der Waals surface area contributed by atoms with Crippen molar-refractivity contribution < 1.29 is 31.1 Å². The van der Waals surface area contributed by atoms with Crippen LogP contribution in [-0.4, -0.2) is 33.5 Å². The van der Waals surface area contributed by atoms with Crippen LogP contribution in [0.5, 0.6) is 5.75 Å². The number of alkyl halides is 3. The SMILES string of the molecule is CCCNC(=O)C1CN(S(=O)(=O)Cc2cccc(C(F)(F)F)c2)c2ccccc2O1. The molecule has 1 N–H and O–H groups in total. The summed E-state index contributed by atoms with van der Waals surface area (Å²) in [5.74, 6) is -0.882. The van der Waals surface area contributed by atoms with Gasteiger partial charge >= 0.3 is 6.18 Å². The predicted molar refractivity (Wildman–Crippen MR) is 106 cm³/mol. The molecule has 0 radical (unpaired) electrons. The molecule has 0 spiro atoms. The lowest BCUT2D eigenvalue weighted by molar-refractivity contribution is -0.137. The van der Waals surface area contributed by atoms with Crippen LogP contribution in [0.1, 0.15) is 24.5 Å². The molecule has 1 atom stereocenters. The minimum absolute atomic E-state index is 0.000725. The molecule has 0 aliphatic carbocycles. The van der Waals surface area contributed by atoms with E-state index in [0.717, 1.165) is 16.4 Å². The number of benzene rings is 2. The molecule has 0 aromatic heterocycles. The number of anilines is 1. The highest BCUT2D eigenvalue weighted by Gasteiger charge is 2.37. The Kier molecular flexibility index (Phi) is 6.25. The summed E-state index contributed by atoms with van der Waals surface area (Å²) in [6, 6.07) is 10.5. The predicted octanol–water partition coefficient (Wildman–Crippen LogP) is 3.33. The normalized spacial score (nSPS) is 16.5. The van der Waals surface area contributed by atoms with Crippen molar-refractivity contribution in [2.45, 2.75) is 31.4 Å². The van der Waals surface area contributed by atoms with Gasteiger partial charge in [-0.2, -0.15) is 13.2 Å². The van der Waals surface area contributed by atoms with Gasteiger partial charge in [-0.25, -0.2) is 8.42 Å². The fourth-order valence-corrected chi connectivity index (χ4v) is 4.66. The van der Waals surface area contributed by atoms with Gasteiger partial charge in [-0.05, 0) is 30.2 Å². The molecule has 1 aliphatic rings. The van der Waals surface area contributed by atoms with Crippen molar-refractivity contribution in [2.75, 3.05) is 17.4 Å². The van der Waals surface area contributed by atoms with Crippen LogP contribution >= 0.6 is 0 Å². The molecule has 10 heteroatoms. The molecular weight excluding hydrogens is 421 g/mol. The van der Waals surface area contributed by atoms with Gasteiger partial charge in [0.2, 0.25) is 10.0 Å². The van der Waals surface area contributed by atoms with E-state index in [9.17, 15) is 26.4 Å². The zero-order valence-corrected chi connectivity index (χ0v) is 17.0. The molecule has 1 amide bonds. The maximum absolute atomic E-state index is 13.1. The third kappa shape index (κ3) is 4.86. The molecule has 0 fully saturated rings. The van der Waals surface area contributed by atoms with Crippen LogP contribution in [0, 0.1) is 0 Å². The molecule has 2 aromatic rings. The maximum atomic E-state index is 13.1. The van der Waals surface area contributed by atoms with Crippen molar-refractivity contribution in [1.29, 1.82) is 0 Å². The quantitative estimate of drug-likeness (QED) is 0.745. The Hall–Kier alpha value is -2.75. The van der Waals surface area contributed by atoms with Crippen molar-refractivity contribution in [2.24, 2.45) is 0 Å². The van der Waals surface area contributed by atoms with E-state index in [4.69, 9.17) is 4.74 Å². The van der Waals surface area contributed by atoms with Gasteiger partial charge in [0.1, 0.15) is 5.75 Å². The van der Waals surface area contributed by atoms with E-state index >= 15 is 0 Å². The second kappa shape index (κ2) is 8.55. The third-order valence-corrected chi connectivity index (χ3v) is 6.23. The van der Waals surface area contributed by atoms with E-state index in [2.05, 4.69) is 5.32 Å². The molecule has 0 saturated heterocycles. The summed E-state index contributed by atoms with van der Waals surface area (Å²) in [4.78, 5) is 12.4. The first-order valence-electron chi connectivity index (χ1n) is 9.32. The highest BCUT2D eigenvalue weighted by Crippen LogP contribution is 2.36. The second-order valence-corrected chi connectivity index (χ2v) is 8.74. The number of para-hydroxylation sites is 2. The Bertz CT molecular complexity index is 1020. The summed E-state index contributed by atoms with van der Waals surface area (Å²) in [6.07, 6.45) is -4.94. The number of halogens is 3. The minimum Gasteiger partial charge on any atom is -0.476 e. The Morgan fingerprint density at radius 2 is 1.93 bits per heavy atom. The molecule has 6 nitrogen and oxygen atoms in total. The lowest BCUT2D eigenvalue weighted by atomic mass is 10.1. The molecule has 3 rings (SSSR count). The zero-order valence-electron chi connectivity index (χ0n) is 16.1. The summed E-state index contributed by atoms with van der Waals surface area (Å²) >= 11 is 0. The number of nitrogens with one attached hydrogen (secondary N) is 1. The van der Waals surface area contributed by atoms with Gasteiger partial charge in [-0.15, -0.1) is 0 Å². The molecular formula is C20H21F3N2O4S. The summed E-state index contributed by atoms with van der Waals surface area (Å²) in [6.45, 7) is 2.02. The lowest BCUT2D eigenvalue weighted by Gasteiger charge is -2.34. The van der Waals surface area contributed by atoms with Crippen molar-refractivity contribution in [3.8, 4) is 5.75 Å². The third-order valence-electron chi connectivity index (χ3n) is 4.52. The highest BCUT2D eigenvalue weighted by atomic mass is 32.2. The van der Waals surface area contributed by atoms with Crippen molar-refractivity contribution in [3.05, 3.63) is 59.7 Å². The van der Waals surface area contributed by atoms with Crippen molar-refractivity contribution in [1.82, 2.24) is 5.32 Å². The van der Waals surface area contributed by atoms with Crippen LogP contribution in [0.2, 0.25) is 0 Å². The molecule has 162 valence electrons. The van der Waals surface area contributed by atoms with Crippen LogP contribution in [0.25, 0.3) is 0 Å². The zero-order chi connectivity index (χ0) is 21.9. The van der Waals surface area contributed by atoms with Crippen LogP contribution in [0.3, 0.4) is 0 Å². The first-order valence-corrected chi connectivity index (χ1v) is 10.9. The van der Waals surface area contributed by atoms with Crippen LogP contribution in [0.4, 0.5) is 18.9 Å². The topological polar surface area (TPSA) is 75.7 Å². The summed E-state index contributed by atoms with van der Waals surface area (Å²) in [5.41, 5.74) is -0.681. The average Bonchev–Trinajstić information content (AvgIpc) is 2.70. The van der Waals surface area contributed by atoms with E-state index in [1.54, 1.807) is 18.2 Å². The summed E-state index contributed by atoms with van der Waals surface area (Å²) < 4.78 is 71.9. The molecule has 0 bridgehead atoms. The monoisotopic (exact) mass is 442 g/mol. The first kappa shape index (κ1) is 21.9. The number of fused-ring (bicyclic) bond motifs is 1. The molecule has 1 unspecified atom stereocenters. The molecule has 0 saturated carbocycles. The Balaban J connectivity index is 1.91. The van der Waals surface area contributed by atoms with Crippen LogP contribution < -0.4 is 14.4 Å². The second-order valence-electron chi connectivity index (χ2n) is 6.85. The number of hydrogen-bond acceptors (Lipinski definition) is 4. The van der Waals surface area contributed by atoms with Gasteiger partial charge in [-0.1, -0.05) is 37.3 Å². The molecule has 2 aromatic carbocycles. The standard InChI is InChI=1S/C20H21F3N2O4S/c1-2-10-24-19(26)18-12-25(16-8-3-4-9-17(16)29-18)30(27,28)13-14-6-5-7-15(11-14)20(21,22)23/h3-9,11,18H,2,10,12-13H2,1H3,(H,24,26). The number of carbonyl (C=O) groups is 1. The first-order chi connectivity index (χ1) is 14.1. The van der Waals surface area contributed by atoms with E-state index in [1.165, 1.54) is 18.2 Å². The van der Waals surface area contributed by atoms with E-state index in [0.29, 0.717) is 13.0 Å². The van der Waals surface area contributed by atoms with Gasteiger partial charge in [-0.3, -0.25) is 9.10 Å². The van der Waals surface area contributed by atoms with Crippen molar-refractivity contribution in [3.63, 3.8) is 0 Å². The maximum Gasteiger partial charge on any atom is 0.416 e. The van der Waals surface area contributed by atoms with E-state index in [-0.39, 0.29) is 23.5 Å². The Labute approximate surface area is 172 Å². The molecule has 1 heterocycles. The van der Waals surface area contributed by atoms with Crippen LogP contribution in [-0.2, 0) is 26.7 Å². The van der Waals surface area contributed by atoms with Gasteiger partial charge in [0, 0.05) is 6.54 Å². The van der Waals surface area contributed by atoms with E-state index in [1.807, 2.05) is 6.92 Å². The fourth-order valence-electron chi connectivity index (χ4n) is 3.09. The number of hydrogen-bond donors (Lipinski definition) is 1. The minimum atomic E-state index is -4.58. The largest absolute Gasteiger partial charge is 0.476 e. The fraction of sp³-hybridized carbons (Fsp3) is 0.350. The van der Waals surface area contributed by atoms with Gasteiger partial charge in [0.15, 0.2) is 6.10 Å². The summed E-state index contributed by atoms with van der Waals surface area (Å²) in [7, 11) is -4.09. The lowest BCUT2D eigenvalue weighted by Crippen LogP contribution is -2.51. The van der Waals surface area contributed by atoms with Gasteiger partial charge in [0.05, 0.1) is 23.5 Å². The van der Waals surface area contributed by atoms with Crippen LogP contribution in [0.15, 0.2) is 48.5 Å². The number of carbonyl (C=O) groups excluding carboxylic acids is 1. The summed E-state index contributed by atoms with van der Waals surface area (Å²) in [5, 5.41) is 2.67. The highest BCUT2D eigenvalue weighted by molar-refractivity contribution is 7.92. The number of amides is 1. The number of ether oxygens (including phenoxy) is 1.